The molecule has 0 aliphatic rings. The second-order valence-electron chi connectivity index (χ2n) is 12.6. The van der Waals surface area contributed by atoms with E-state index in [0.717, 1.165) is 45.0 Å². The lowest BCUT2D eigenvalue weighted by Crippen LogP contribution is -2.11. The van der Waals surface area contributed by atoms with Crippen molar-refractivity contribution in [3.63, 3.8) is 0 Å². The van der Waals surface area contributed by atoms with Gasteiger partial charge in [0.2, 0.25) is 5.88 Å². The largest absolute Gasteiger partial charge is 0.439 e. The fourth-order valence-electron chi connectivity index (χ4n) is 5.94. The number of aromatic amines is 1. The maximum atomic E-state index is 6.36. The average Bonchev–Trinajstić information content (AvgIpc) is 3.50. The lowest BCUT2D eigenvalue weighted by molar-refractivity contribution is 0.460. The van der Waals surface area contributed by atoms with Gasteiger partial charge in [-0.25, -0.2) is 4.98 Å². The van der Waals surface area contributed by atoms with Crippen molar-refractivity contribution in [2.75, 3.05) is 0 Å². The smallest absolute Gasteiger partial charge is 0.219 e. The molecule has 0 saturated carbocycles. The Labute approximate surface area is 271 Å². The van der Waals surface area contributed by atoms with Gasteiger partial charge in [-0.1, -0.05) is 142 Å². The zero-order valence-corrected chi connectivity index (χ0v) is 26.4. The molecule has 5 aromatic carbocycles. The number of rotatable bonds is 7. The van der Waals surface area contributed by atoms with Gasteiger partial charge in [-0.2, -0.15) is 0 Å². The van der Waals surface area contributed by atoms with E-state index >= 15 is 0 Å². The van der Waals surface area contributed by atoms with Gasteiger partial charge in [0.1, 0.15) is 5.75 Å². The molecule has 0 bridgehead atoms. The number of pyridine rings is 1. The van der Waals surface area contributed by atoms with Crippen molar-refractivity contribution in [3.05, 3.63) is 163 Å². The van der Waals surface area contributed by atoms with Crippen molar-refractivity contribution in [3.8, 4) is 67.5 Å². The van der Waals surface area contributed by atoms with E-state index in [4.69, 9.17) is 4.74 Å². The molecule has 2 heterocycles. The number of hydrogen-bond acceptors (Lipinski definition) is 2. The molecule has 3 heteroatoms. The molecule has 0 fully saturated rings. The van der Waals surface area contributed by atoms with Crippen LogP contribution in [-0.2, 0) is 5.41 Å². The van der Waals surface area contributed by atoms with Gasteiger partial charge < -0.3 is 9.72 Å². The molecule has 2 aromatic heterocycles. The number of ether oxygens (including phenoxy) is 1. The lowest BCUT2D eigenvalue weighted by atomic mass is 9.84. The number of aromatic nitrogens is 2. The topological polar surface area (TPSA) is 37.9 Å². The Kier molecular flexibility index (Phi) is 7.82. The van der Waals surface area contributed by atoms with Crippen LogP contribution in [0.25, 0.3) is 55.9 Å². The third-order valence-corrected chi connectivity index (χ3v) is 8.33. The van der Waals surface area contributed by atoms with Crippen molar-refractivity contribution >= 4 is 0 Å². The van der Waals surface area contributed by atoms with Gasteiger partial charge in [0, 0.05) is 29.0 Å². The summed E-state index contributed by atoms with van der Waals surface area (Å²) >= 11 is 0. The molecule has 7 aromatic rings. The first kappa shape index (κ1) is 29.1. The van der Waals surface area contributed by atoms with Crippen LogP contribution in [0.1, 0.15) is 26.3 Å². The van der Waals surface area contributed by atoms with Gasteiger partial charge >= 0.3 is 0 Å². The Hall–Kier alpha value is -5.67. The molecule has 0 aliphatic carbocycles. The van der Waals surface area contributed by atoms with Crippen molar-refractivity contribution < 1.29 is 4.74 Å². The minimum absolute atomic E-state index is 0.101. The van der Waals surface area contributed by atoms with Crippen LogP contribution in [0.2, 0.25) is 0 Å². The van der Waals surface area contributed by atoms with Crippen molar-refractivity contribution in [1.82, 2.24) is 9.97 Å². The summed E-state index contributed by atoms with van der Waals surface area (Å²) < 4.78 is 6.36. The minimum Gasteiger partial charge on any atom is -0.439 e. The standard InChI is InChI=1S/C43H36N2O/c1-43(2,3)36-27-35(28-37(29-36)46-38-21-13-14-26-44-38)42-39(32-17-9-5-10-18-32)40(41(45-42)34-19-11-6-12-20-34)33-24-22-31(23-25-33)30-15-7-4-8-16-30/h4-29,45H,1-3H3. The lowest BCUT2D eigenvalue weighted by Gasteiger charge is -2.21. The van der Waals surface area contributed by atoms with Gasteiger partial charge in [-0.15, -0.1) is 0 Å². The molecule has 0 atom stereocenters. The van der Waals surface area contributed by atoms with E-state index in [0.29, 0.717) is 5.88 Å². The summed E-state index contributed by atoms with van der Waals surface area (Å²) in [5, 5.41) is 0. The summed E-state index contributed by atoms with van der Waals surface area (Å²) in [6.07, 6.45) is 1.75. The van der Waals surface area contributed by atoms with E-state index in [-0.39, 0.29) is 5.41 Å². The molecule has 0 saturated heterocycles. The van der Waals surface area contributed by atoms with Crippen molar-refractivity contribution in [2.24, 2.45) is 0 Å². The predicted octanol–water partition coefficient (Wildman–Crippen LogP) is 11.8. The molecular formula is C43H36N2O. The van der Waals surface area contributed by atoms with Crippen LogP contribution in [0, 0.1) is 0 Å². The van der Waals surface area contributed by atoms with Crippen LogP contribution in [0.15, 0.2) is 158 Å². The number of nitrogens with zero attached hydrogens (tertiary/aromatic N) is 1. The highest BCUT2D eigenvalue weighted by Gasteiger charge is 2.25. The molecule has 1 N–H and O–H groups in total. The van der Waals surface area contributed by atoms with Crippen LogP contribution in [0.3, 0.4) is 0 Å². The summed E-state index contributed by atoms with van der Waals surface area (Å²) in [4.78, 5) is 8.35. The van der Waals surface area contributed by atoms with Crippen LogP contribution >= 0.6 is 0 Å². The molecule has 0 amide bonds. The van der Waals surface area contributed by atoms with Crippen LogP contribution in [-0.4, -0.2) is 9.97 Å². The third kappa shape index (κ3) is 6.00. The van der Waals surface area contributed by atoms with E-state index in [1.165, 1.54) is 22.3 Å². The molecular weight excluding hydrogens is 560 g/mol. The van der Waals surface area contributed by atoms with Crippen LogP contribution in [0.4, 0.5) is 0 Å². The SMILES string of the molecule is CC(C)(C)c1cc(Oc2ccccn2)cc(-c2[nH]c(-c3ccccc3)c(-c3ccc(-c4ccccc4)cc3)c2-c2ccccc2)c1. The molecule has 3 nitrogen and oxygen atoms in total. The first-order chi connectivity index (χ1) is 22.4. The van der Waals surface area contributed by atoms with Crippen molar-refractivity contribution in [1.29, 1.82) is 0 Å². The summed E-state index contributed by atoms with van der Waals surface area (Å²) in [5.41, 5.74) is 12.4. The van der Waals surface area contributed by atoms with E-state index in [1.807, 2.05) is 18.2 Å². The van der Waals surface area contributed by atoms with E-state index in [9.17, 15) is 0 Å². The summed E-state index contributed by atoms with van der Waals surface area (Å²) in [5.74, 6) is 1.32. The van der Waals surface area contributed by atoms with Crippen LogP contribution < -0.4 is 4.74 Å². The summed E-state index contributed by atoms with van der Waals surface area (Å²) in [7, 11) is 0. The monoisotopic (exact) mass is 596 g/mol. The average molecular weight is 597 g/mol. The molecule has 0 unspecified atom stereocenters. The fourth-order valence-corrected chi connectivity index (χ4v) is 5.94. The Morgan fingerprint density at radius 1 is 0.478 bits per heavy atom. The van der Waals surface area contributed by atoms with Gasteiger partial charge in [-0.05, 0) is 63.1 Å². The van der Waals surface area contributed by atoms with Crippen LogP contribution in [0.5, 0.6) is 11.6 Å². The van der Waals surface area contributed by atoms with Gasteiger partial charge in [0.05, 0.1) is 11.4 Å². The highest BCUT2D eigenvalue weighted by molar-refractivity contribution is 6.01. The Morgan fingerprint density at radius 3 is 1.57 bits per heavy atom. The Bertz CT molecular complexity index is 2060. The quantitative estimate of drug-likeness (QED) is 0.199. The normalized spacial score (nSPS) is 11.4. The second kappa shape index (κ2) is 12.4. The van der Waals surface area contributed by atoms with Crippen molar-refractivity contribution in [2.45, 2.75) is 26.2 Å². The van der Waals surface area contributed by atoms with Gasteiger partial charge in [0.25, 0.3) is 0 Å². The first-order valence-corrected chi connectivity index (χ1v) is 15.7. The highest BCUT2D eigenvalue weighted by Crippen LogP contribution is 2.47. The molecule has 7 rings (SSSR count). The van der Waals surface area contributed by atoms with Gasteiger partial charge in [0.15, 0.2) is 0 Å². The van der Waals surface area contributed by atoms with Gasteiger partial charge in [-0.3, -0.25) is 0 Å². The first-order valence-electron chi connectivity index (χ1n) is 15.7. The zero-order chi connectivity index (χ0) is 31.5. The summed E-state index contributed by atoms with van der Waals surface area (Å²) in [6, 6.07) is 53.0. The fraction of sp³-hybridized carbons (Fsp3) is 0.0930. The summed E-state index contributed by atoms with van der Waals surface area (Å²) in [6.45, 7) is 6.70. The maximum absolute atomic E-state index is 6.36. The Morgan fingerprint density at radius 2 is 0.978 bits per heavy atom. The molecule has 0 aliphatic heterocycles. The molecule has 0 spiro atoms. The van der Waals surface area contributed by atoms with E-state index in [2.05, 4.69) is 164 Å². The molecule has 0 radical (unpaired) electrons. The van der Waals surface area contributed by atoms with E-state index < -0.39 is 0 Å². The zero-order valence-electron chi connectivity index (χ0n) is 26.4. The number of benzene rings is 5. The maximum Gasteiger partial charge on any atom is 0.219 e. The number of nitrogens with one attached hydrogen (secondary N) is 1. The Balaban J connectivity index is 1.48. The second-order valence-corrected chi connectivity index (χ2v) is 12.6. The number of hydrogen-bond donors (Lipinski definition) is 1. The minimum atomic E-state index is -0.101. The third-order valence-electron chi connectivity index (χ3n) is 8.33. The molecule has 46 heavy (non-hydrogen) atoms. The molecule has 224 valence electrons. The highest BCUT2D eigenvalue weighted by atomic mass is 16.5. The number of H-pyrrole nitrogens is 1. The van der Waals surface area contributed by atoms with E-state index in [1.54, 1.807) is 6.20 Å². The predicted molar refractivity (Wildman–Crippen MR) is 191 cm³/mol.